The van der Waals surface area contributed by atoms with E-state index in [1.165, 1.54) is 12.1 Å². The highest BCUT2D eigenvalue weighted by Crippen LogP contribution is 2.32. The highest BCUT2D eigenvalue weighted by molar-refractivity contribution is 5.95. The molecule has 212 valence electrons. The van der Waals surface area contributed by atoms with Crippen LogP contribution in [0.4, 0.5) is 4.39 Å². The van der Waals surface area contributed by atoms with E-state index in [4.69, 9.17) is 14.6 Å². The van der Waals surface area contributed by atoms with Gasteiger partial charge in [-0.25, -0.2) is 4.39 Å². The van der Waals surface area contributed by atoms with E-state index in [0.29, 0.717) is 54.0 Å². The molecule has 1 heterocycles. The quantitative estimate of drug-likeness (QED) is 0.131. The fraction of sp³-hybridized carbons (Fsp3) is 0.212. The molecule has 2 N–H and O–H groups in total. The van der Waals surface area contributed by atoms with Gasteiger partial charge in [-0.05, 0) is 79.4 Å². The molecule has 0 spiro atoms. The minimum Gasteiger partial charge on any atom is -0.490 e. The third-order valence-corrected chi connectivity index (χ3v) is 6.59. The van der Waals surface area contributed by atoms with Crippen molar-refractivity contribution in [3.63, 3.8) is 0 Å². The Bertz CT molecular complexity index is 1550. The van der Waals surface area contributed by atoms with Crippen LogP contribution in [0.15, 0.2) is 78.9 Å². The number of aliphatic carboxylic acids is 2. The number of carbonyl (C=O) groups is 2. The molecule has 8 heteroatoms. The van der Waals surface area contributed by atoms with E-state index >= 15 is 0 Å². The minimum absolute atomic E-state index is 0.0220. The fourth-order valence-corrected chi connectivity index (χ4v) is 4.67. The monoisotopic (exact) mass is 557 g/mol. The van der Waals surface area contributed by atoms with Crippen LogP contribution in [0, 0.1) is 12.7 Å². The van der Waals surface area contributed by atoms with Crippen molar-refractivity contribution in [1.29, 1.82) is 0 Å². The van der Waals surface area contributed by atoms with Crippen molar-refractivity contribution in [3.05, 3.63) is 107 Å². The van der Waals surface area contributed by atoms with E-state index < -0.39 is 17.8 Å². The number of aromatic nitrogens is 1. The summed E-state index contributed by atoms with van der Waals surface area (Å²) in [5.74, 6) is -0.874. The molecule has 1 aromatic heterocycles. The molecule has 0 unspecified atom stereocenters. The first-order chi connectivity index (χ1) is 19.8. The number of fused-ring (bicyclic) bond motifs is 1. The second-order valence-electron chi connectivity index (χ2n) is 9.49. The molecule has 0 aliphatic heterocycles. The molecule has 4 aromatic rings. The van der Waals surface area contributed by atoms with Crippen molar-refractivity contribution >= 4 is 35.0 Å². The summed E-state index contributed by atoms with van der Waals surface area (Å²) in [5.41, 5.74) is 3.46. The third kappa shape index (κ3) is 8.08. The lowest BCUT2D eigenvalue weighted by molar-refractivity contribution is -0.138. The van der Waals surface area contributed by atoms with Crippen molar-refractivity contribution in [2.75, 3.05) is 13.2 Å². The molecule has 0 saturated carbocycles. The summed E-state index contributed by atoms with van der Waals surface area (Å²) in [6, 6.07) is 19.8. The Balaban J connectivity index is 1.46. The summed E-state index contributed by atoms with van der Waals surface area (Å²) in [5, 5.41) is 19.1. The summed E-state index contributed by atoms with van der Waals surface area (Å²) in [6.45, 7) is 2.34. The summed E-state index contributed by atoms with van der Waals surface area (Å²) >= 11 is 0. The Labute approximate surface area is 237 Å². The molecule has 0 radical (unpaired) electrons. The van der Waals surface area contributed by atoms with Gasteiger partial charge in [0.2, 0.25) is 0 Å². The molecule has 0 atom stereocenters. The van der Waals surface area contributed by atoms with Gasteiger partial charge in [0, 0.05) is 23.1 Å². The predicted octanol–water partition coefficient (Wildman–Crippen LogP) is 6.77. The van der Waals surface area contributed by atoms with E-state index in [0.717, 1.165) is 16.9 Å². The number of ether oxygens (including phenoxy) is 2. The van der Waals surface area contributed by atoms with Crippen LogP contribution in [-0.2, 0) is 22.6 Å². The average Bonchev–Trinajstić information content (AvgIpc) is 3.20. The van der Waals surface area contributed by atoms with Crippen molar-refractivity contribution in [3.8, 4) is 11.5 Å². The predicted molar refractivity (Wildman–Crippen MR) is 157 cm³/mol. The smallest absolute Gasteiger partial charge is 0.323 e. The Morgan fingerprint density at radius 1 is 0.878 bits per heavy atom. The van der Waals surface area contributed by atoms with Gasteiger partial charge in [-0.2, -0.15) is 0 Å². The second-order valence-corrected chi connectivity index (χ2v) is 9.49. The van der Waals surface area contributed by atoms with E-state index in [-0.39, 0.29) is 13.0 Å². The Hall–Kier alpha value is -4.85. The lowest BCUT2D eigenvalue weighted by Crippen LogP contribution is -2.10. The maximum Gasteiger partial charge on any atom is 0.323 e. The van der Waals surface area contributed by atoms with E-state index in [1.54, 1.807) is 17.6 Å². The zero-order valence-corrected chi connectivity index (χ0v) is 22.8. The number of halogens is 1. The summed E-state index contributed by atoms with van der Waals surface area (Å²) in [6.07, 6.45) is 8.12. The topological polar surface area (TPSA) is 98.0 Å². The number of rotatable bonds is 14. The number of hydrogen-bond donors (Lipinski definition) is 2. The number of benzene rings is 3. The molecule has 41 heavy (non-hydrogen) atoms. The molecule has 0 bridgehead atoms. The van der Waals surface area contributed by atoms with Gasteiger partial charge < -0.3 is 24.3 Å². The first kappa shape index (κ1) is 29.1. The van der Waals surface area contributed by atoms with Crippen LogP contribution in [0.25, 0.3) is 23.1 Å². The molecule has 0 amide bonds. The molecule has 4 rings (SSSR count). The third-order valence-electron chi connectivity index (χ3n) is 6.59. The largest absolute Gasteiger partial charge is 0.490 e. The lowest BCUT2D eigenvalue weighted by atomic mass is 10.0. The van der Waals surface area contributed by atoms with Gasteiger partial charge in [0.1, 0.15) is 37.1 Å². The number of para-hydroxylation sites is 1. The van der Waals surface area contributed by atoms with Crippen LogP contribution >= 0.6 is 0 Å². The zero-order valence-electron chi connectivity index (χ0n) is 22.8. The molecular formula is C33H32FNO6. The molecule has 0 saturated heterocycles. The summed E-state index contributed by atoms with van der Waals surface area (Å²) in [4.78, 5) is 22.6. The number of aryl methyl sites for hydroxylation is 1. The second kappa shape index (κ2) is 14.0. The fourth-order valence-electron chi connectivity index (χ4n) is 4.67. The molecule has 7 nitrogen and oxygen atoms in total. The van der Waals surface area contributed by atoms with Gasteiger partial charge in [-0.15, -0.1) is 0 Å². The molecule has 3 aromatic carbocycles. The van der Waals surface area contributed by atoms with E-state index in [9.17, 15) is 19.1 Å². The first-order valence-corrected chi connectivity index (χ1v) is 13.3. The lowest BCUT2D eigenvalue weighted by Gasteiger charge is -2.08. The minimum atomic E-state index is -1.02. The van der Waals surface area contributed by atoms with Gasteiger partial charge in [0.15, 0.2) is 0 Å². The van der Waals surface area contributed by atoms with Gasteiger partial charge in [-0.1, -0.05) is 42.5 Å². The average molecular weight is 558 g/mol. The van der Waals surface area contributed by atoms with Crippen molar-refractivity contribution in [2.45, 2.75) is 32.7 Å². The number of carboxylic acids is 2. The first-order valence-electron chi connectivity index (χ1n) is 13.3. The van der Waals surface area contributed by atoms with Crippen LogP contribution < -0.4 is 9.47 Å². The molecule has 0 fully saturated rings. The van der Waals surface area contributed by atoms with E-state index in [1.807, 2.05) is 72.8 Å². The number of hydrogen-bond acceptors (Lipinski definition) is 4. The van der Waals surface area contributed by atoms with Gasteiger partial charge in [0.25, 0.3) is 0 Å². The Morgan fingerprint density at radius 3 is 2.17 bits per heavy atom. The summed E-state index contributed by atoms with van der Waals surface area (Å²) < 4.78 is 27.7. The zero-order chi connectivity index (χ0) is 29.2. The standard InChI is InChI=1S/C33H32FNO6/c1-23-29(10-7-11-31(36)37)30-21-26(34)20-25(33(30)35(23)22-32(38)39)15-12-24-13-16-28(17-14-24)41-19-6-5-18-40-27-8-3-2-4-9-27/h2-6,8-9,12-17,20-21H,7,10-11,18-19,22H2,1H3,(H,36,37)(H,38,39)/b6-5+,15-12+. The molecule has 0 aliphatic carbocycles. The maximum absolute atomic E-state index is 14.7. The van der Waals surface area contributed by atoms with Crippen LogP contribution in [0.2, 0.25) is 0 Å². The Kier molecular flexibility index (Phi) is 9.94. The van der Waals surface area contributed by atoms with E-state index in [2.05, 4.69) is 0 Å². The van der Waals surface area contributed by atoms with Crippen LogP contribution in [-0.4, -0.2) is 39.9 Å². The van der Waals surface area contributed by atoms with Crippen molar-refractivity contribution in [2.24, 2.45) is 0 Å². The Morgan fingerprint density at radius 2 is 1.54 bits per heavy atom. The van der Waals surface area contributed by atoms with Crippen LogP contribution in [0.3, 0.4) is 0 Å². The van der Waals surface area contributed by atoms with Crippen molar-refractivity contribution in [1.82, 2.24) is 4.57 Å². The summed E-state index contributed by atoms with van der Waals surface area (Å²) in [7, 11) is 0. The van der Waals surface area contributed by atoms with Crippen LogP contribution in [0.1, 0.15) is 35.2 Å². The molecular weight excluding hydrogens is 525 g/mol. The number of nitrogens with zero attached hydrogens (tertiary/aromatic N) is 1. The maximum atomic E-state index is 14.7. The number of carboxylic acid groups (broad SMARTS) is 2. The highest BCUT2D eigenvalue weighted by atomic mass is 19.1. The SMILES string of the molecule is Cc1c(CCCC(=O)O)c2cc(F)cc(/C=C/c3ccc(OC/C=C/COc4ccccc4)cc3)c2n1CC(=O)O. The van der Waals surface area contributed by atoms with Gasteiger partial charge in [0.05, 0.1) is 5.52 Å². The van der Waals surface area contributed by atoms with Crippen LogP contribution in [0.5, 0.6) is 11.5 Å². The highest BCUT2D eigenvalue weighted by Gasteiger charge is 2.19. The van der Waals surface area contributed by atoms with Crippen molar-refractivity contribution < 1.29 is 33.7 Å². The van der Waals surface area contributed by atoms with Gasteiger partial charge in [-0.3, -0.25) is 9.59 Å². The van der Waals surface area contributed by atoms with Gasteiger partial charge >= 0.3 is 11.9 Å². The normalized spacial score (nSPS) is 11.5. The molecule has 0 aliphatic rings.